The fraction of sp³-hybridized carbons (Fsp3) is 0.529. The lowest BCUT2D eigenvalue weighted by atomic mass is 9.74. The highest BCUT2D eigenvalue weighted by Gasteiger charge is 2.40. The average molecular weight is 323 g/mol. The lowest BCUT2D eigenvalue weighted by Crippen LogP contribution is -2.46. The summed E-state index contributed by atoms with van der Waals surface area (Å²) in [6, 6.07) is 4.11. The van der Waals surface area contributed by atoms with Crippen molar-refractivity contribution >= 4 is 11.9 Å². The van der Waals surface area contributed by atoms with Crippen LogP contribution in [-0.2, 0) is 4.79 Å². The summed E-state index contributed by atoms with van der Waals surface area (Å²) in [6.45, 7) is 4.28. The highest BCUT2D eigenvalue weighted by Crippen LogP contribution is 2.34. The molecule has 23 heavy (non-hydrogen) atoms. The molecule has 1 aromatic rings. The predicted molar refractivity (Wildman–Crippen MR) is 83.0 cm³/mol. The second-order valence-electron chi connectivity index (χ2n) is 6.47. The van der Waals surface area contributed by atoms with Crippen LogP contribution < -0.4 is 4.74 Å². The Kier molecular flexibility index (Phi) is 4.92. The molecule has 1 atom stereocenters. The number of hydrogen-bond donors (Lipinski definition) is 1. The van der Waals surface area contributed by atoms with E-state index in [1.807, 2.05) is 0 Å². The Hall–Kier alpha value is -2.11. The number of aliphatic carboxylic acids is 1. The van der Waals surface area contributed by atoms with Crippen molar-refractivity contribution < 1.29 is 23.8 Å². The Bertz CT molecular complexity index is 615. The minimum absolute atomic E-state index is 0.0880. The molecule has 0 aromatic heterocycles. The van der Waals surface area contributed by atoms with E-state index in [-0.39, 0.29) is 23.1 Å². The molecule has 0 saturated carbocycles. The Morgan fingerprint density at radius 3 is 2.65 bits per heavy atom. The second kappa shape index (κ2) is 6.56. The van der Waals surface area contributed by atoms with Crippen LogP contribution in [0.15, 0.2) is 18.2 Å². The van der Waals surface area contributed by atoms with Crippen LogP contribution in [0, 0.1) is 17.2 Å². The molecule has 5 nitrogen and oxygen atoms in total. The topological polar surface area (TPSA) is 66.8 Å². The van der Waals surface area contributed by atoms with Crippen LogP contribution in [0.25, 0.3) is 0 Å². The summed E-state index contributed by atoms with van der Waals surface area (Å²) in [5, 5.41) is 9.36. The third kappa shape index (κ3) is 3.46. The van der Waals surface area contributed by atoms with E-state index < -0.39 is 17.2 Å². The summed E-state index contributed by atoms with van der Waals surface area (Å²) in [5.41, 5.74) is -0.651. The Balaban J connectivity index is 2.16. The maximum atomic E-state index is 13.8. The molecule has 126 valence electrons. The molecule has 0 spiro atoms. The standard InChI is InChI=1S/C17H22FNO4/c1-17(2,16(21)22)12-5-4-8-19(10-12)15(20)11-6-7-14(23-3)13(18)9-11/h6-7,9,12H,4-5,8,10H2,1-3H3,(H,21,22). The monoisotopic (exact) mass is 323 g/mol. The summed E-state index contributed by atoms with van der Waals surface area (Å²) < 4.78 is 18.6. The van der Waals surface area contributed by atoms with Crippen molar-refractivity contribution in [1.82, 2.24) is 4.90 Å². The number of hydrogen-bond acceptors (Lipinski definition) is 3. The van der Waals surface area contributed by atoms with E-state index >= 15 is 0 Å². The minimum Gasteiger partial charge on any atom is -0.494 e. The molecule has 0 aliphatic carbocycles. The van der Waals surface area contributed by atoms with Crippen molar-refractivity contribution in [2.45, 2.75) is 26.7 Å². The van der Waals surface area contributed by atoms with Gasteiger partial charge in [-0.25, -0.2) is 4.39 Å². The van der Waals surface area contributed by atoms with Crippen molar-refractivity contribution in [3.8, 4) is 5.75 Å². The van der Waals surface area contributed by atoms with Gasteiger partial charge in [0.05, 0.1) is 12.5 Å². The summed E-state index contributed by atoms with van der Waals surface area (Å²) in [4.78, 5) is 25.6. The molecule has 1 aliphatic heterocycles. The maximum Gasteiger partial charge on any atom is 0.309 e. The number of carbonyl (C=O) groups excluding carboxylic acids is 1. The number of likely N-dealkylation sites (tertiary alicyclic amines) is 1. The fourth-order valence-corrected chi connectivity index (χ4v) is 2.91. The van der Waals surface area contributed by atoms with Crippen LogP contribution in [0.2, 0.25) is 0 Å². The van der Waals surface area contributed by atoms with Gasteiger partial charge in [0.2, 0.25) is 0 Å². The Labute approximate surface area is 135 Å². The average Bonchev–Trinajstić information content (AvgIpc) is 2.54. The van der Waals surface area contributed by atoms with Crippen LogP contribution in [-0.4, -0.2) is 42.1 Å². The lowest BCUT2D eigenvalue weighted by molar-refractivity contribution is -0.151. The quantitative estimate of drug-likeness (QED) is 0.925. The number of benzene rings is 1. The molecule has 1 N–H and O–H groups in total. The van der Waals surface area contributed by atoms with Crippen molar-refractivity contribution in [2.75, 3.05) is 20.2 Å². The van der Waals surface area contributed by atoms with Gasteiger partial charge in [0, 0.05) is 18.7 Å². The molecule has 1 amide bonds. The molecule has 1 saturated heterocycles. The van der Waals surface area contributed by atoms with Crippen LogP contribution in [0.3, 0.4) is 0 Å². The number of piperidine rings is 1. The number of carbonyl (C=O) groups is 2. The Morgan fingerprint density at radius 2 is 2.09 bits per heavy atom. The number of rotatable bonds is 4. The highest BCUT2D eigenvalue weighted by atomic mass is 19.1. The van der Waals surface area contributed by atoms with E-state index in [0.717, 1.165) is 18.9 Å². The summed E-state index contributed by atoms with van der Waals surface area (Å²) in [5.74, 6) is -1.77. The molecule has 1 aromatic carbocycles. The van der Waals surface area contributed by atoms with Crippen LogP contribution in [0.1, 0.15) is 37.0 Å². The zero-order valence-electron chi connectivity index (χ0n) is 13.6. The summed E-state index contributed by atoms with van der Waals surface area (Å²) in [7, 11) is 1.36. The minimum atomic E-state index is -0.899. The van der Waals surface area contributed by atoms with Crippen molar-refractivity contribution in [1.29, 1.82) is 0 Å². The maximum absolute atomic E-state index is 13.8. The molecule has 1 aliphatic rings. The number of nitrogens with zero attached hydrogens (tertiary/aromatic N) is 1. The molecule has 1 unspecified atom stereocenters. The van der Waals surface area contributed by atoms with Gasteiger partial charge in [-0.2, -0.15) is 0 Å². The van der Waals surface area contributed by atoms with Crippen LogP contribution >= 0.6 is 0 Å². The molecular weight excluding hydrogens is 301 g/mol. The van der Waals surface area contributed by atoms with Gasteiger partial charge in [0.25, 0.3) is 5.91 Å². The zero-order chi connectivity index (χ0) is 17.2. The molecule has 2 rings (SSSR count). The first kappa shape index (κ1) is 17.2. The van der Waals surface area contributed by atoms with Crippen LogP contribution in [0.5, 0.6) is 5.75 Å². The van der Waals surface area contributed by atoms with Gasteiger partial charge in [-0.05, 0) is 50.8 Å². The number of amides is 1. The van der Waals surface area contributed by atoms with Gasteiger partial charge in [-0.3, -0.25) is 9.59 Å². The van der Waals surface area contributed by atoms with E-state index in [4.69, 9.17) is 4.74 Å². The largest absolute Gasteiger partial charge is 0.494 e. The predicted octanol–water partition coefficient (Wildman–Crippen LogP) is 2.80. The van der Waals surface area contributed by atoms with Gasteiger partial charge in [-0.1, -0.05) is 0 Å². The molecule has 6 heteroatoms. The molecule has 0 bridgehead atoms. The van der Waals surface area contributed by atoms with Gasteiger partial charge < -0.3 is 14.7 Å². The van der Waals surface area contributed by atoms with Crippen molar-refractivity contribution in [3.63, 3.8) is 0 Å². The van der Waals surface area contributed by atoms with E-state index in [9.17, 15) is 19.1 Å². The van der Waals surface area contributed by atoms with Gasteiger partial charge in [0.15, 0.2) is 11.6 Å². The second-order valence-corrected chi connectivity index (χ2v) is 6.47. The van der Waals surface area contributed by atoms with E-state index in [1.165, 1.54) is 19.2 Å². The smallest absolute Gasteiger partial charge is 0.309 e. The van der Waals surface area contributed by atoms with E-state index in [1.54, 1.807) is 18.7 Å². The SMILES string of the molecule is COc1ccc(C(=O)N2CCCC(C(C)(C)C(=O)O)C2)cc1F. The summed E-state index contributed by atoms with van der Waals surface area (Å²) >= 11 is 0. The molecule has 1 fully saturated rings. The van der Waals surface area contributed by atoms with E-state index in [2.05, 4.69) is 0 Å². The number of ether oxygens (including phenoxy) is 1. The van der Waals surface area contributed by atoms with E-state index in [0.29, 0.717) is 13.1 Å². The third-order valence-corrected chi connectivity index (χ3v) is 4.68. The zero-order valence-corrected chi connectivity index (χ0v) is 13.6. The third-order valence-electron chi connectivity index (χ3n) is 4.68. The first-order valence-corrected chi connectivity index (χ1v) is 7.63. The molecule has 1 heterocycles. The molecule has 0 radical (unpaired) electrons. The van der Waals surface area contributed by atoms with Gasteiger partial charge >= 0.3 is 5.97 Å². The van der Waals surface area contributed by atoms with Gasteiger partial charge in [0.1, 0.15) is 0 Å². The normalized spacial score (nSPS) is 18.6. The number of carboxylic acid groups (broad SMARTS) is 1. The fourth-order valence-electron chi connectivity index (χ4n) is 2.91. The first-order valence-electron chi connectivity index (χ1n) is 7.63. The summed E-state index contributed by atoms with van der Waals surface area (Å²) in [6.07, 6.45) is 1.51. The first-order chi connectivity index (χ1) is 10.8. The van der Waals surface area contributed by atoms with Gasteiger partial charge in [-0.15, -0.1) is 0 Å². The number of halogens is 1. The van der Waals surface area contributed by atoms with Crippen molar-refractivity contribution in [3.05, 3.63) is 29.6 Å². The number of carboxylic acids is 1. The highest BCUT2D eigenvalue weighted by molar-refractivity contribution is 5.94. The molecular formula is C17H22FNO4. The van der Waals surface area contributed by atoms with Crippen molar-refractivity contribution in [2.24, 2.45) is 11.3 Å². The Morgan fingerprint density at radius 1 is 1.39 bits per heavy atom. The lowest BCUT2D eigenvalue weighted by Gasteiger charge is -2.39. The number of methoxy groups -OCH3 is 1. The van der Waals surface area contributed by atoms with Crippen LogP contribution in [0.4, 0.5) is 4.39 Å².